The minimum absolute atomic E-state index is 0.155. The summed E-state index contributed by atoms with van der Waals surface area (Å²) in [6, 6.07) is 8.02. The zero-order valence-electron chi connectivity index (χ0n) is 14.5. The number of likely N-dealkylation sites (N-methyl/N-ethyl adjacent to an activating group) is 1. The maximum Gasteiger partial charge on any atom is 0.274 e. The Labute approximate surface area is 146 Å². The number of aliphatic hydroxyl groups is 1. The SMILES string of the molecule is CN(Cc1ccc(F)cc1)C[C@@]1(O)CCN(C(=O)c2ccn(C)n2)C1. The first-order valence-electron chi connectivity index (χ1n) is 8.29. The van der Waals surface area contributed by atoms with Crippen molar-refractivity contribution in [3.05, 3.63) is 53.6 Å². The van der Waals surface area contributed by atoms with Crippen LogP contribution < -0.4 is 0 Å². The van der Waals surface area contributed by atoms with Gasteiger partial charge in [-0.15, -0.1) is 0 Å². The van der Waals surface area contributed by atoms with Crippen molar-refractivity contribution in [2.75, 3.05) is 26.7 Å². The number of β-amino-alcohol motifs (C(OH)–C–C–N with tert-alkyl or cyclic N) is 1. The number of hydrogen-bond acceptors (Lipinski definition) is 4. The summed E-state index contributed by atoms with van der Waals surface area (Å²) in [7, 11) is 3.67. The lowest BCUT2D eigenvalue weighted by molar-refractivity contribution is 0.0163. The molecule has 25 heavy (non-hydrogen) atoms. The van der Waals surface area contributed by atoms with Crippen molar-refractivity contribution in [2.24, 2.45) is 7.05 Å². The van der Waals surface area contributed by atoms with Gasteiger partial charge in [0.05, 0.1) is 12.1 Å². The molecule has 6 nitrogen and oxygen atoms in total. The van der Waals surface area contributed by atoms with Crippen molar-refractivity contribution < 1.29 is 14.3 Å². The van der Waals surface area contributed by atoms with E-state index < -0.39 is 5.60 Å². The van der Waals surface area contributed by atoms with E-state index in [0.717, 1.165) is 5.56 Å². The van der Waals surface area contributed by atoms with Gasteiger partial charge in [0.15, 0.2) is 0 Å². The van der Waals surface area contributed by atoms with Gasteiger partial charge in [-0.3, -0.25) is 14.4 Å². The number of nitrogens with zero attached hydrogens (tertiary/aromatic N) is 4. The first kappa shape index (κ1) is 17.6. The zero-order valence-corrected chi connectivity index (χ0v) is 14.5. The Morgan fingerprint density at radius 2 is 2.08 bits per heavy atom. The van der Waals surface area contributed by atoms with E-state index in [-0.39, 0.29) is 18.3 Å². The summed E-state index contributed by atoms with van der Waals surface area (Å²) in [5, 5.41) is 15.0. The maximum atomic E-state index is 13.0. The molecule has 1 amide bonds. The second kappa shape index (κ2) is 6.93. The van der Waals surface area contributed by atoms with Gasteiger partial charge in [-0.2, -0.15) is 5.10 Å². The molecule has 1 atom stereocenters. The van der Waals surface area contributed by atoms with Gasteiger partial charge in [-0.1, -0.05) is 12.1 Å². The molecular weight excluding hydrogens is 323 g/mol. The van der Waals surface area contributed by atoms with Crippen LogP contribution in [0.25, 0.3) is 0 Å². The first-order chi connectivity index (χ1) is 11.8. The molecule has 0 bridgehead atoms. The van der Waals surface area contributed by atoms with Crippen LogP contribution in [0.3, 0.4) is 0 Å². The van der Waals surface area contributed by atoms with Crippen LogP contribution in [-0.2, 0) is 13.6 Å². The summed E-state index contributed by atoms with van der Waals surface area (Å²) < 4.78 is 14.6. The third kappa shape index (κ3) is 4.24. The van der Waals surface area contributed by atoms with Crippen LogP contribution in [0, 0.1) is 5.82 Å². The normalized spacial score (nSPS) is 20.4. The summed E-state index contributed by atoms with van der Waals surface area (Å²) in [5.41, 5.74) is 0.428. The molecule has 1 aromatic carbocycles. The lowest BCUT2D eigenvalue weighted by atomic mass is 10.0. The van der Waals surface area contributed by atoms with Gasteiger partial charge in [-0.25, -0.2) is 4.39 Å². The molecular formula is C18H23FN4O2. The summed E-state index contributed by atoms with van der Waals surface area (Å²) in [6.07, 6.45) is 2.26. The third-order valence-corrected chi connectivity index (χ3v) is 4.48. The fourth-order valence-electron chi connectivity index (χ4n) is 3.31. The Bertz CT molecular complexity index is 746. The summed E-state index contributed by atoms with van der Waals surface area (Å²) in [6.45, 7) is 1.85. The van der Waals surface area contributed by atoms with E-state index in [1.807, 2.05) is 11.9 Å². The second-order valence-electron chi connectivity index (χ2n) is 6.87. The number of aromatic nitrogens is 2. The van der Waals surface area contributed by atoms with E-state index in [9.17, 15) is 14.3 Å². The van der Waals surface area contributed by atoms with E-state index in [0.29, 0.717) is 31.7 Å². The predicted octanol–water partition coefficient (Wildman–Crippen LogP) is 1.27. The minimum Gasteiger partial charge on any atom is -0.387 e. The monoisotopic (exact) mass is 346 g/mol. The predicted molar refractivity (Wildman–Crippen MR) is 91.4 cm³/mol. The number of aryl methyl sites for hydroxylation is 1. The highest BCUT2D eigenvalue weighted by molar-refractivity contribution is 5.92. The van der Waals surface area contributed by atoms with E-state index in [1.165, 1.54) is 12.1 Å². The molecule has 0 radical (unpaired) electrons. The van der Waals surface area contributed by atoms with Gasteiger partial charge in [0.1, 0.15) is 11.5 Å². The number of amides is 1. The van der Waals surface area contributed by atoms with E-state index in [4.69, 9.17) is 0 Å². The number of halogens is 1. The van der Waals surface area contributed by atoms with E-state index in [1.54, 1.807) is 41.0 Å². The highest BCUT2D eigenvalue weighted by Gasteiger charge is 2.39. The molecule has 1 saturated heterocycles. The third-order valence-electron chi connectivity index (χ3n) is 4.48. The average Bonchev–Trinajstić information content (AvgIpc) is 3.15. The highest BCUT2D eigenvalue weighted by atomic mass is 19.1. The van der Waals surface area contributed by atoms with Gasteiger partial charge in [0.25, 0.3) is 5.91 Å². The lowest BCUT2D eigenvalue weighted by Crippen LogP contribution is -2.44. The van der Waals surface area contributed by atoms with Gasteiger partial charge in [0.2, 0.25) is 0 Å². The van der Waals surface area contributed by atoms with Crippen LogP contribution in [0.15, 0.2) is 36.5 Å². The minimum atomic E-state index is -0.945. The highest BCUT2D eigenvalue weighted by Crippen LogP contribution is 2.24. The smallest absolute Gasteiger partial charge is 0.274 e. The molecule has 1 aliphatic heterocycles. The molecule has 2 heterocycles. The van der Waals surface area contributed by atoms with Crippen molar-refractivity contribution in [1.29, 1.82) is 0 Å². The molecule has 7 heteroatoms. The van der Waals surface area contributed by atoms with Crippen molar-refractivity contribution in [3.8, 4) is 0 Å². The average molecular weight is 346 g/mol. The Balaban J connectivity index is 1.57. The topological polar surface area (TPSA) is 61.6 Å². The van der Waals surface area contributed by atoms with Crippen molar-refractivity contribution in [2.45, 2.75) is 18.6 Å². The number of benzene rings is 1. The van der Waals surface area contributed by atoms with Crippen LogP contribution in [0.1, 0.15) is 22.5 Å². The molecule has 3 rings (SSSR count). The number of carbonyl (C=O) groups excluding carboxylic acids is 1. The Morgan fingerprint density at radius 3 is 2.72 bits per heavy atom. The van der Waals surface area contributed by atoms with Crippen LogP contribution >= 0.6 is 0 Å². The standard InChI is InChI=1S/C18H23FN4O2/c1-21(11-14-3-5-15(19)6-4-14)12-18(25)8-10-23(13-18)17(24)16-7-9-22(2)20-16/h3-7,9,25H,8,10-13H2,1-2H3/t18-/m0/s1. The van der Waals surface area contributed by atoms with Crippen molar-refractivity contribution >= 4 is 5.91 Å². The van der Waals surface area contributed by atoms with Gasteiger partial charge in [0, 0.05) is 32.9 Å². The number of rotatable bonds is 5. The Hall–Kier alpha value is -2.25. The van der Waals surface area contributed by atoms with Gasteiger partial charge >= 0.3 is 0 Å². The molecule has 0 saturated carbocycles. The van der Waals surface area contributed by atoms with Crippen LogP contribution in [0.5, 0.6) is 0 Å². The molecule has 2 aromatic rings. The van der Waals surface area contributed by atoms with Gasteiger partial charge < -0.3 is 10.0 Å². The largest absolute Gasteiger partial charge is 0.387 e. The number of likely N-dealkylation sites (tertiary alicyclic amines) is 1. The quantitative estimate of drug-likeness (QED) is 0.886. The molecule has 0 unspecified atom stereocenters. The molecule has 0 aliphatic carbocycles. The first-order valence-corrected chi connectivity index (χ1v) is 8.29. The number of hydrogen-bond donors (Lipinski definition) is 1. The fraction of sp³-hybridized carbons (Fsp3) is 0.444. The van der Waals surface area contributed by atoms with Gasteiger partial charge in [-0.05, 0) is 37.2 Å². The Kier molecular flexibility index (Phi) is 4.87. The zero-order chi connectivity index (χ0) is 18.0. The van der Waals surface area contributed by atoms with Crippen LogP contribution in [0.4, 0.5) is 4.39 Å². The molecule has 1 fully saturated rings. The lowest BCUT2D eigenvalue weighted by Gasteiger charge is -2.29. The molecule has 1 aromatic heterocycles. The fourth-order valence-corrected chi connectivity index (χ4v) is 3.31. The summed E-state index contributed by atoms with van der Waals surface area (Å²) in [4.78, 5) is 16.1. The molecule has 1 aliphatic rings. The van der Waals surface area contributed by atoms with Crippen molar-refractivity contribution in [3.63, 3.8) is 0 Å². The summed E-state index contributed by atoms with van der Waals surface area (Å²) in [5.74, 6) is -0.415. The molecule has 1 N–H and O–H groups in total. The van der Waals surface area contributed by atoms with E-state index in [2.05, 4.69) is 5.10 Å². The maximum absolute atomic E-state index is 13.0. The van der Waals surface area contributed by atoms with Crippen LogP contribution in [0.2, 0.25) is 0 Å². The Morgan fingerprint density at radius 1 is 1.36 bits per heavy atom. The number of carbonyl (C=O) groups is 1. The van der Waals surface area contributed by atoms with Crippen LogP contribution in [-0.4, -0.2) is 62.9 Å². The summed E-state index contributed by atoms with van der Waals surface area (Å²) >= 11 is 0. The molecule has 134 valence electrons. The molecule has 0 spiro atoms. The second-order valence-corrected chi connectivity index (χ2v) is 6.87. The van der Waals surface area contributed by atoms with Crippen molar-refractivity contribution in [1.82, 2.24) is 19.6 Å². The van der Waals surface area contributed by atoms with E-state index >= 15 is 0 Å².